The van der Waals surface area contributed by atoms with Gasteiger partial charge in [0.15, 0.2) is 0 Å². The number of nitrogens with two attached hydrogens (primary N) is 1. The summed E-state index contributed by atoms with van der Waals surface area (Å²) in [4.78, 5) is 20.1. The molecule has 0 unspecified atom stereocenters. The van der Waals surface area contributed by atoms with Crippen LogP contribution in [0.2, 0.25) is 5.02 Å². The second-order valence-corrected chi connectivity index (χ2v) is 9.18. The molecule has 0 radical (unpaired) electrons. The number of hydrogen-bond donors (Lipinski definition) is 1. The molecule has 10 nitrogen and oxygen atoms in total. The van der Waals surface area contributed by atoms with Crippen LogP contribution >= 0.6 is 36.4 Å². The number of methoxy groups -OCH3 is 2. The van der Waals surface area contributed by atoms with Gasteiger partial charge in [0, 0.05) is 82.1 Å². The number of benzene rings is 1. The lowest BCUT2D eigenvalue weighted by Crippen LogP contribution is -2.47. The monoisotopic (exact) mass is 580 g/mol. The van der Waals surface area contributed by atoms with Gasteiger partial charge in [-0.2, -0.15) is 9.97 Å². The molecule has 1 aliphatic rings. The Kier molecular flexibility index (Phi) is 9.24. The van der Waals surface area contributed by atoms with E-state index >= 15 is 0 Å². The van der Waals surface area contributed by atoms with Crippen molar-refractivity contribution < 1.29 is 9.47 Å². The first-order chi connectivity index (χ1) is 17.4. The predicted octanol–water partition coefficient (Wildman–Crippen LogP) is 4.28. The molecule has 0 bridgehead atoms. The number of pyridine rings is 1. The van der Waals surface area contributed by atoms with Crippen LogP contribution in [-0.2, 0) is 0 Å². The summed E-state index contributed by atoms with van der Waals surface area (Å²) in [6.45, 7) is 3.37. The van der Waals surface area contributed by atoms with E-state index in [-0.39, 0.29) is 30.8 Å². The zero-order chi connectivity index (χ0) is 25.4. The van der Waals surface area contributed by atoms with E-state index in [2.05, 4.69) is 31.9 Å². The lowest BCUT2D eigenvalue weighted by molar-refractivity contribution is 0.395. The first-order valence-electron chi connectivity index (χ1n) is 11.6. The van der Waals surface area contributed by atoms with Crippen LogP contribution in [0.5, 0.6) is 11.5 Å². The first kappa shape index (κ1) is 29.2. The van der Waals surface area contributed by atoms with Gasteiger partial charge >= 0.3 is 0 Å². The first-order valence-corrected chi connectivity index (χ1v) is 12.0. The van der Waals surface area contributed by atoms with E-state index in [4.69, 9.17) is 31.8 Å². The minimum absolute atomic E-state index is 0. The molecule has 0 aliphatic carbocycles. The Hall–Kier alpha value is -3.34. The Morgan fingerprint density at radius 3 is 2.24 bits per heavy atom. The van der Waals surface area contributed by atoms with Gasteiger partial charge < -0.3 is 34.3 Å². The normalized spacial score (nSPS) is 13.1. The minimum Gasteiger partial charge on any atom is -0.496 e. The highest BCUT2D eigenvalue weighted by atomic mass is 35.5. The predicted molar refractivity (Wildman–Crippen MR) is 158 cm³/mol. The smallest absolute Gasteiger partial charge is 0.223 e. The fourth-order valence-electron chi connectivity index (χ4n) is 4.38. The topological polar surface area (TPSA) is 97.3 Å². The van der Waals surface area contributed by atoms with Crippen molar-refractivity contribution in [3.63, 3.8) is 0 Å². The minimum atomic E-state index is 0. The van der Waals surface area contributed by atoms with Crippen molar-refractivity contribution in [2.45, 2.75) is 0 Å². The summed E-state index contributed by atoms with van der Waals surface area (Å²) in [6.07, 6.45) is 4.00. The van der Waals surface area contributed by atoms with E-state index in [0.717, 1.165) is 60.4 Å². The summed E-state index contributed by atoms with van der Waals surface area (Å²) in [5, 5.41) is 0.507. The quantitative estimate of drug-likeness (QED) is 0.358. The molecule has 0 saturated carbocycles. The number of nitrogens with zero attached hydrogens (tertiary/aromatic N) is 7. The van der Waals surface area contributed by atoms with Crippen LogP contribution in [0.25, 0.3) is 16.9 Å². The molecule has 0 spiro atoms. The zero-order valence-corrected chi connectivity index (χ0v) is 24.0. The molecule has 4 aromatic rings. The molecule has 0 atom stereocenters. The fraction of sp³-hybridized carbons (Fsp3) is 0.320. The molecule has 3 aromatic heterocycles. The van der Waals surface area contributed by atoms with Crippen LogP contribution in [0.4, 0.5) is 23.3 Å². The second kappa shape index (κ2) is 12.0. The number of aromatic nitrogens is 4. The van der Waals surface area contributed by atoms with E-state index < -0.39 is 0 Å². The molecule has 38 heavy (non-hydrogen) atoms. The maximum Gasteiger partial charge on any atom is 0.223 e. The molecule has 5 rings (SSSR count). The molecule has 4 heterocycles. The van der Waals surface area contributed by atoms with Crippen molar-refractivity contribution in [2.75, 3.05) is 74.9 Å². The third-order valence-electron chi connectivity index (χ3n) is 6.34. The molecule has 204 valence electrons. The van der Waals surface area contributed by atoms with Crippen molar-refractivity contribution >= 4 is 65.3 Å². The molecule has 1 aromatic carbocycles. The number of piperazine rings is 1. The van der Waals surface area contributed by atoms with Gasteiger partial charge in [0.1, 0.15) is 28.8 Å². The number of hydrogen-bond acceptors (Lipinski definition) is 9. The molecule has 2 N–H and O–H groups in total. The maximum atomic E-state index is 6.38. The average molecular weight is 582 g/mol. The number of anilines is 4. The molecular weight excluding hydrogens is 551 g/mol. The standard InChI is InChI=1S/C25H29ClN8O2.2ClH/c1-31(2)22-14-24(30-25(27)29-22)33-9-7-32(8-10-33)16-5-6-34-15-19(28-23(34)11-16)17-12-18(26)21(36-4)13-20(17)35-3;;/h5-6,11-15H,7-10H2,1-4H3,(H2,27,29,30);2*1H. The molecule has 13 heteroatoms. The van der Waals surface area contributed by atoms with Crippen LogP contribution in [0.3, 0.4) is 0 Å². The van der Waals surface area contributed by atoms with Crippen LogP contribution in [0.1, 0.15) is 0 Å². The Bertz CT molecular complexity index is 1410. The summed E-state index contributed by atoms with van der Waals surface area (Å²) in [7, 11) is 7.09. The summed E-state index contributed by atoms with van der Waals surface area (Å²) in [5.74, 6) is 3.15. The summed E-state index contributed by atoms with van der Waals surface area (Å²) in [6, 6.07) is 9.79. The molecule has 0 amide bonds. The SMILES string of the molecule is COc1cc(OC)c(-c2cn3ccc(N4CCN(c5cc(N(C)C)nc(N)n5)CC4)cc3n2)cc1Cl.Cl.Cl. The number of fused-ring (bicyclic) bond motifs is 1. The largest absolute Gasteiger partial charge is 0.496 e. The maximum absolute atomic E-state index is 6.38. The Labute approximate surface area is 239 Å². The third kappa shape index (κ3) is 5.72. The number of nitrogen functional groups attached to an aromatic ring is 1. The zero-order valence-electron chi connectivity index (χ0n) is 21.6. The highest BCUT2D eigenvalue weighted by molar-refractivity contribution is 6.32. The van der Waals surface area contributed by atoms with E-state index in [1.807, 2.05) is 47.9 Å². The van der Waals surface area contributed by atoms with E-state index in [1.165, 1.54) is 0 Å². The lowest BCUT2D eigenvalue weighted by Gasteiger charge is -2.37. The molecule has 1 fully saturated rings. The van der Waals surface area contributed by atoms with Gasteiger partial charge in [-0.25, -0.2) is 4.98 Å². The van der Waals surface area contributed by atoms with Crippen molar-refractivity contribution in [3.8, 4) is 22.8 Å². The van der Waals surface area contributed by atoms with E-state index in [9.17, 15) is 0 Å². The summed E-state index contributed by atoms with van der Waals surface area (Å²) < 4.78 is 12.9. The van der Waals surface area contributed by atoms with Gasteiger partial charge in [-0.05, 0) is 12.1 Å². The van der Waals surface area contributed by atoms with Gasteiger partial charge in [0.2, 0.25) is 5.95 Å². The van der Waals surface area contributed by atoms with Crippen LogP contribution < -0.4 is 29.9 Å². The number of ether oxygens (including phenoxy) is 2. The van der Waals surface area contributed by atoms with Gasteiger partial charge in [0.05, 0.1) is 24.9 Å². The van der Waals surface area contributed by atoms with E-state index in [0.29, 0.717) is 16.5 Å². The van der Waals surface area contributed by atoms with Gasteiger partial charge in [-0.1, -0.05) is 11.6 Å². The van der Waals surface area contributed by atoms with Crippen LogP contribution in [0, 0.1) is 0 Å². The molecule has 1 aliphatic heterocycles. The molecule has 1 saturated heterocycles. The van der Waals surface area contributed by atoms with Gasteiger partial charge in [0.25, 0.3) is 0 Å². The van der Waals surface area contributed by atoms with Crippen LogP contribution in [-0.4, -0.2) is 73.8 Å². The fourth-order valence-corrected chi connectivity index (χ4v) is 4.62. The van der Waals surface area contributed by atoms with Crippen molar-refractivity contribution in [1.82, 2.24) is 19.4 Å². The highest BCUT2D eigenvalue weighted by Crippen LogP contribution is 2.38. The average Bonchev–Trinajstić information content (AvgIpc) is 3.31. The van der Waals surface area contributed by atoms with Crippen molar-refractivity contribution in [3.05, 3.63) is 47.7 Å². The Balaban J connectivity index is 0.00000200. The highest BCUT2D eigenvalue weighted by Gasteiger charge is 2.21. The second-order valence-electron chi connectivity index (χ2n) is 8.77. The molecular formula is C25H31Cl3N8O2. The van der Waals surface area contributed by atoms with Gasteiger partial charge in [-0.3, -0.25) is 0 Å². The van der Waals surface area contributed by atoms with Crippen molar-refractivity contribution in [1.29, 1.82) is 0 Å². The van der Waals surface area contributed by atoms with Crippen molar-refractivity contribution in [2.24, 2.45) is 0 Å². The van der Waals surface area contributed by atoms with Crippen LogP contribution in [0.15, 0.2) is 42.7 Å². The Morgan fingerprint density at radius 2 is 1.58 bits per heavy atom. The summed E-state index contributed by atoms with van der Waals surface area (Å²) >= 11 is 6.38. The Morgan fingerprint density at radius 1 is 0.895 bits per heavy atom. The third-order valence-corrected chi connectivity index (χ3v) is 6.63. The number of rotatable bonds is 6. The number of halogens is 3. The number of imidazole rings is 1. The lowest BCUT2D eigenvalue weighted by atomic mass is 10.1. The summed E-state index contributed by atoms with van der Waals surface area (Å²) in [5.41, 5.74) is 9.49. The van der Waals surface area contributed by atoms with E-state index in [1.54, 1.807) is 20.3 Å². The van der Waals surface area contributed by atoms with Gasteiger partial charge in [-0.15, -0.1) is 24.8 Å².